The van der Waals surface area contributed by atoms with Crippen LogP contribution in [0, 0.1) is 17.8 Å². The quantitative estimate of drug-likeness (QED) is 0.845. The molecule has 1 amide bonds. The van der Waals surface area contributed by atoms with Gasteiger partial charge in [0.05, 0.1) is 6.04 Å². The third-order valence-corrected chi connectivity index (χ3v) is 7.33. The lowest BCUT2D eigenvalue weighted by molar-refractivity contribution is -0.133. The molecule has 2 bridgehead atoms. The Bertz CT molecular complexity index is 654. The standard InChI is InChI=1S/C20H30N4O/c25-19(13-16-12-14-7-8-15(16)11-14)23-10-4-5-17(23)20-22-21-18-6-2-1-3-9-24(18)20/h14-17H,1-13H2/t14-,15-,16+,17-/m0/s1. The molecule has 5 rings (SSSR count). The minimum atomic E-state index is 0.172. The first-order chi connectivity index (χ1) is 12.3. The van der Waals surface area contributed by atoms with E-state index >= 15 is 0 Å². The zero-order valence-electron chi connectivity index (χ0n) is 15.2. The summed E-state index contributed by atoms with van der Waals surface area (Å²) in [5.41, 5.74) is 0. The molecule has 4 atom stereocenters. The van der Waals surface area contributed by atoms with E-state index in [9.17, 15) is 4.79 Å². The van der Waals surface area contributed by atoms with Gasteiger partial charge in [-0.05, 0) is 62.7 Å². The molecule has 2 aliphatic carbocycles. The third-order valence-electron chi connectivity index (χ3n) is 7.33. The van der Waals surface area contributed by atoms with Crippen molar-refractivity contribution in [1.82, 2.24) is 19.7 Å². The molecule has 25 heavy (non-hydrogen) atoms. The van der Waals surface area contributed by atoms with Crippen molar-refractivity contribution in [2.24, 2.45) is 17.8 Å². The number of hydrogen-bond acceptors (Lipinski definition) is 3. The second-order valence-corrected chi connectivity index (χ2v) is 8.82. The largest absolute Gasteiger partial charge is 0.332 e. The van der Waals surface area contributed by atoms with Crippen molar-refractivity contribution >= 4 is 5.91 Å². The Hall–Kier alpha value is -1.39. The zero-order valence-corrected chi connectivity index (χ0v) is 15.2. The SMILES string of the molecule is O=C(C[C@H]1C[C@H]2CC[C@H]1C2)N1CCC[C@H]1c1nnc2n1CCCCC2. The van der Waals surface area contributed by atoms with Gasteiger partial charge in [-0.2, -0.15) is 0 Å². The highest BCUT2D eigenvalue weighted by Crippen LogP contribution is 2.50. The highest BCUT2D eigenvalue weighted by Gasteiger charge is 2.42. The summed E-state index contributed by atoms with van der Waals surface area (Å²) in [7, 11) is 0. The van der Waals surface area contributed by atoms with Gasteiger partial charge >= 0.3 is 0 Å². The van der Waals surface area contributed by atoms with Gasteiger partial charge in [0, 0.05) is 25.9 Å². The lowest BCUT2D eigenvalue weighted by Crippen LogP contribution is -2.34. The van der Waals surface area contributed by atoms with Gasteiger partial charge in [0.2, 0.25) is 5.91 Å². The molecule has 0 aromatic carbocycles. The molecule has 0 unspecified atom stereocenters. The summed E-state index contributed by atoms with van der Waals surface area (Å²) < 4.78 is 2.33. The third kappa shape index (κ3) is 2.80. The number of carbonyl (C=O) groups excluding carboxylic acids is 1. The number of hydrogen-bond donors (Lipinski definition) is 0. The average molecular weight is 342 g/mol. The van der Waals surface area contributed by atoms with Crippen LogP contribution in [0.5, 0.6) is 0 Å². The summed E-state index contributed by atoms with van der Waals surface area (Å²) in [6, 6.07) is 0.172. The number of rotatable bonds is 3. The summed E-state index contributed by atoms with van der Waals surface area (Å²) in [5, 5.41) is 9.01. The topological polar surface area (TPSA) is 51.0 Å². The van der Waals surface area contributed by atoms with E-state index in [1.54, 1.807) is 0 Å². The van der Waals surface area contributed by atoms with Gasteiger partial charge in [-0.3, -0.25) is 4.79 Å². The molecule has 1 aromatic rings. The fourth-order valence-electron chi connectivity index (χ4n) is 6.06. The number of fused-ring (bicyclic) bond motifs is 3. The van der Waals surface area contributed by atoms with Crippen LogP contribution in [-0.4, -0.2) is 32.1 Å². The average Bonchev–Trinajstić information content (AvgIpc) is 3.37. The van der Waals surface area contributed by atoms with Crippen LogP contribution in [0.1, 0.15) is 81.9 Å². The molecule has 0 N–H and O–H groups in total. The Morgan fingerprint density at radius 2 is 1.96 bits per heavy atom. The highest BCUT2D eigenvalue weighted by molar-refractivity contribution is 5.77. The minimum absolute atomic E-state index is 0.172. The maximum atomic E-state index is 13.1. The van der Waals surface area contributed by atoms with Crippen LogP contribution in [-0.2, 0) is 17.8 Å². The lowest BCUT2D eigenvalue weighted by Gasteiger charge is -2.28. The Balaban J connectivity index is 1.32. The Morgan fingerprint density at radius 3 is 2.80 bits per heavy atom. The fourth-order valence-corrected chi connectivity index (χ4v) is 6.06. The van der Waals surface area contributed by atoms with E-state index in [1.807, 2.05) is 0 Å². The van der Waals surface area contributed by atoms with Crippen molar-refractivity contribution in [2.45, 2.75) is 83.2 Å². The molecule has 3 heterocycles. The monoisotopic (exact) mass is 342 g/mol. The van der Waals surface area contributed by atoms with Gasteiger partial charge in [0.25, 0.3) is 0 Å². The summed E-state index contributed by atoms with van der Waals surface area (Å²) in [6.07, 6.45) is 13.2. The summed E-state index contributed by atoms with van der Waals surface area (Å²) in [6.45, 7) is 1.94. The Kier molecular flexibility index (Phi) is 4.05. The van der Waals surface area contributed by atoms with Crippen molar-refractivity contribution in [3.63, 3.8) is 0 Å². The van der Waals surface area contributed by atoms with Crippen LogP contribution in [0.4, 0.5) is 0 Å². The predicted molar refractivity (Wildman–Crippen MR) is 94.8 cm³/mol. The molecule has 5 heteroatoms. The van der Waals surface area contributed by atoms with Crippen molar-refractivity contribution < 1.29 is 4.79 Å². The lowest BCUT2D eigenvalue weighted by atomic mass is 9.86. The Morgan fingerprint density at radius 1 is 1.00 bits per heavy atom. The van der Waals surface area contributed by atoms with Crippen molar-refractivity contribution in [1.29, 1.82) is 0 Å². The van der Waals surface area contributed by atoms with Gasteiger partial charge in [-0.25, -0.2) is 0 Å². The van der Waals surface area contributed by atoms with Gasteiger partial charge in [-0.15, -0.1) is 10.2 Å². The second-order valence-electron chi connectivity index (χ2n) is 8.82. The molecular weight excluding hydrogens is 312 g/mol. The number of carbonyl (C=O) groups is 1. The van der Waals surface area contributed by atoms with E-state index < -0.39 is 0 Å². The minimum Gasteiger partial charge on any atom is -0.332 e. The number of nitrogens with zero attached hydrogens (tertiary/aromatic N) is 4. The molecule has 1 aromatic heterocycles. The van der Waals surface area contributed by atoms with Gasteiger partial charge in [-0.1, -0.05) is 12.8 Å². The first-order valence-electron chi connectivity index (χ1n) is 10.5. The number of aryl methyl sites for hydroxylation is 1. The second kappa shape index (κ2) is 6.40. The van der Waals surface area contributed by atoms with Crippen molar-refractivity contribution in [3.05, 3.63) is 11.6 Å². The van der Waals surface area contributed by atoms with E-state index in [-0.39, 0.29) is 6.04 Å². The van der Waals surface area contributed by atoms with E-state index in [4.69, 9.17) is 0 Å². The predicted octanol–water partition coefficient (Wildman–Crippen LogP) is 3.49. The number of amides is 1. The van der Waals surface area contributed by atoms with Crippen LogP contribution < -0.4 is 0 Å². The van der Waals surface area contributed by atoms with Gasteiger partial charge in [0.1, 0.15) is 5.82 Å². The van der Waals surface area contributed by atoms with E-state index in [1.165, 1.54) is 44.9 Å². The Labute approximate surface area is 150 Å². The van der Waals surface area contributed by atoms with Crippen LogP contribution in [0.25, 0.3) is 0 Å². The van der Waals surface area contributed by atoms with E-state index in [0.29, 0.717) is 11.8 Å². The number of aromatic nitrogens is 3. The fraction of sp³-hybridized carbons (Fsp3) is 0.850. The first-order valence-corrected chi connectivity index (χ1v) is 10.5. The van der Waals surface area contributed by atoms with Crippen LogP contribution in [0.15, 0.2) is 0 Å². The van der Waals surface area contributed by atoms with Crippen molar-refractivity contribution in [3.8, 4) is 0 Å². The highest BCUT2D eigenvalue weighted by atomic mass is 16.2. The molecule has 3 fully saturated rings. The molecule has 2 aliphatic heterocycles. The van der Waals surface area contributed by atoms with E-state index in [2.05, 4.69) is 19.7 Å². The molecule has 136 valence electrons. The van der Waals surface area contributed by atoms with Gasteiger partial charge < -0.3 is 9.47 Å². The molecule has 2 saturated carbocycles. The van der Waals surface area contributed by atoms with E-state index in [0.717, 1.165) is 62.3 Å². The molecule has 0 radical (unpaired) electrons. The summed E-state index contributed by atoms with van der Waals surface area (Å²) >= 11 is 0. The van der Waals surface area contributed by atoms with Crippen molar-refractivity contribution in [2.75, 3.05) is 6.54 Å². The molecule has 0 spiro atoms. The number of likely N-dealkylation sites (tertiary alicyclic amines) is 1. The normalized spacial score (nSPS) is 34.3. The molecule has 1 saturated heterocycles. The summed E-state index contributed by atoms with van der Waals surface area (Å²) in [4.78, 5) is 15.2. The molecular formula is C20H30N4O. The van der Waals surface area contributed by atoms with Crippen LogP contribution >= 0.6 is 0 Å². The van der Waals surface area contributed by atoms with Crippen LogP contribution in [0.2, 0.25) is 0 Å². The smallest absolute Gasteiger partial charge is 0.223 e. The molecule has 5 nitrogen and oxygen atoms in total. The maximum absolute atomic E-state index is 13.1. The summed E-state index contributed by atoms with van der Waals surface area (Å²) in [5.74, 6) is 4.99. The van der Waals surface area contributed by atoms with Crippen LogP contribution in [0.3, 0.4) is 0 Å². The maximum Gasteiger partial charge on any atom is 0.223 e. The zero-order chi connectivity index (χ0) is 16.8. The van der Waals surface area contributed by atoms with Gasteiger partial charge in [0.15, 0.2) is 5.82 Å². The molecule has 4 aliphatic rings. The first kappa shape index (κ1) is 15.8.